The average Bonchev–Trinajstić information content (AvgIpc) is 2.66. The number of rotatable bonds is 4. The van der Waals surface area contributed by atoms with Crippen LogP contribution in [0.2, 0.25) is 20.1 Å². The minimum atomic E-state index is -0.0995. The van der Waals surface area contributed by atoms with Gasteiger partial charge in [-0.05, 0) is 24.3 Å². The van der Waals surface area contributed by atoms with Crippen LogP contribution in [0, 0.1) is 0 Å². The van der Waals surface area contributed by atoms with Crippen molar-refractivity contribution in [3.8, 4) is 34.5 Å². The molecule has 0 aromatic heterocycles. The quantitative estimate of drug-likeness (QED) is 0.201. The molecule has 3 rings (SSSR count). The number of phenols is 2. The summed E-state index contributed by atoms with van der Waals surface area (Å²) < 4.78 is 11.3. The molecule has 6 nitrogen and oxygen atoms in total. The number of hydrogen-bond donors (Lipinski definition) is 4. The number of phenolic OH excluding ortho intramolecular Hbond substituents is 2. The van der Waals surface area contributed by atoms with Crippen molar-refractivity contribution in [2.24, 2.45) is 0 Å². The fourth-order valence-corrected chi connectivity index (χ4v) is 3.17. The van der Waals surface area contributed by atoms with Gasteiger partial charge in [-0.3, -0.25) is 0 Å². The molecule has 3 aromatic carbocycles. The van der Waals surface area contributed by atoms with E-state index in [0.717, 1.165) is 0 Å². The van der Waals surface area contributed by atoms with Crippen LogP contribution in [-0.2, 0) is 0 Å². The highest BCUT2D eigenvalue weighted by Crippen LogP contribution is 2.52. The maximum atomic E-state index is 9.50. The first-order chi connectivity index (χ1) is 13.2. The molecule has 0 saturated heterocycles. The van der Waals surface area contributed by atoms with E-state index in [1.165, 1.54) is 36.4 Å². The monoisotopic (exact) mass is 460 g/mol. The molecular formula is C18H12Cl4N2O4. The van der Waals surface area contributed by atoms with Gasteiger partial charge in [0, 0.05) is 12.1 Å². The number of nitrogens with two attached hydrogens (primary N) is 2. The Morgan fingerprint density at radius 3 is 1.21 bits per heavy atom. The minimum absolute atomic E-state index is 0.0130. The smallest absolute Gasteiger partial charge is 0.167 e. The Kier molecular flexibility index (Phi) is 5.76. The summed E-state index contributed by atoms with van der Waals surface area (Å²) >= 11 is 25.2. The number of anilines is 2. The van der Waals surface area contributed by atoms with Crippen molar-refractivity contribution < 1.29 is 19.7 Å². The molecular weight excluding hydrogens is 450 g/mol. The van der Waals surface area contributed by atoms with E-state index in [0.29, 0.717) is 0 Å². The molecule has 0 amide bonds. The molecule has 0 fully saturated rings. The van der Waals surface area contributed by atoms with Crippen molar-refractivity contribution >= 4 is 57.8 Å². The van der Waals surface area contributed by atoms with E-state index in [4.69, 9.17) is 67.3 Å². The molecule has 0 aliphatic heterocycles. The van der Waals surface area contributed by atoms with E-state index >= 15 is 0 Å². The molecule has 28 heavy (non-hydrogen) atoms. The topological polar surface area (TPSA) is 111 Å². The summed E-state index contributed by atoms with van der Waals surface area (Å²) in [7, 11) is 0. The number of ether oxygens (including phenoxy) is 2. The fourth-order valence-electron chi connectivity index (χ4n) is 2.20. The van der Waals surface area contributed by atoms with Gasteiger partial charge in [-0.2, -0.15) is 0 Å². The second kappa shape index (κ2) is 7.93. The van der Waals surface area contributed by atoms with Gasteiger partial charge in [-0.15, -0.1) is 0 Å². The molecule has 146 valence electrons. The zero-order valence-corrected chi connectivity index (χ0v) is 16.9. The van der Waals surface area contributed by atoms with Crippen molar-refractivity contribution in [3.05, 3.63) is 56.5 Å². The van der Waals surface area contributed by atoms with Crippen molar-refractivity contribution in [2.75, 3.05) is 11.5 Å². The van der Waals surface area contributed by atoms with Crippen molar-refractivity contribution in [1.29, 1.82) is 0 Å². The minimum Gasteiger partial charge on any atom is -0.506 e. The summed E-state index contributed by atoms with van der Waals surface area (Å²) in [5.74, 6) is 0.287. The average molecular weight is 462 g/mol. The summed E-state index contributed by atoms with van der Waals surface area (Å²) in [4.78, 5) is 0. The molecule has 6 N–H and O–H groups in total. The number of nitrogen functional groups attached to an aromatic ring is 2. The third-order valence-corrected chi connectivity index (χ3v) is 5.26. The summed E-state index contributed by atoms with van der Waals surface area (Å²) in [6.07, 6.45) is 0. The van der Waals surface area contributed by atoms with Crippen LogP contribution < -0.4 is 20.9 Å². The molecule has 0 aliphatic rings. The highest BCUT2D eigenvalue weighted by molar-refractivity contribution is 6.50. The SMILES string of the molecule is Nc1cc(Oc2c(Cl)c(Cl)c(Oc3ccc(O)c(N)c3)c(Cl)c2Cl)ccc1O. The van der Waals surface area contributed by atoms with Gasteiger partial charge in [0.05, 0.1) is 11.4 Å². The predicted octanol–water partition coefficient (Wildman–Crippen LogP) is 6.46. The van der Waals surface area contributed by atoms with Gasteiger partial charge in [0.25, 0.3) is 0 Å². The zero-order chi connectivity index (χ0) is 20.6. The van der Waals surface area contributed by atoms with E-state index in [1.807, 2.05) is 0 Å². The van der Waals surface area contributed by atoms with Gasteiger partial charge in [0.2, 0.25) is 0 Å². The molecule has 0 spiro atoms. The van der Waals surface area contributed by atoms with Gasteiger partial charge in [-0.1, -0.05) is 46.4 Å². The second-order valence-electron chi connectivity index (χ2n) is 5.56. The molecule has 0 radical (unpaired) electrons. The number of benzene rings is 3. The van der Waals surface area contributed by atoms with Gasteiger partial charge < -0.3 is 31.2 Å². The Hall–Kier alpha value is -2.38. The maximum Gasteiger partial charge on any atom is 0.167 e. The number of aromatic hydroxyl groups is 2. The fraction of sp³-hybridized carbons (Fsp3) is 0. The zero-order valence-electron chi connectivity index (χ0n) is 13.8. The molecule has 0 heterocycles. The lowest BCUT2D eigenvalue weighted by Gasteiger charge is -2.17. The van der Waals surface area contributed by atoms with Crippen LogP contribution in [0.3, 0.4) is 0 Å². The first-order valence-corrected chi connectivity index (χ1v) is 9.08. The lowest BCUT2D eigenvalue weighted by Crippen LogP contribution is -1.95. The van der Waals surface area contributed by atoms with E-state index < -0.39 is 0 Å². The maximum absolute atomic E-state index is 9.50. The molecule has 0 bridgehead atoms. The van der Waals surface area contributed by atoms with Gasteiger partial charge in [-0.25, -0.2) is 0 Å². The van der Waals surface area contributed by atoms with Crippen LogP contribution in [0.4, 0.5) is 11.4 Å². The van der Waals surface area contributed by atoms with Crippen LogP contribution in [-0.4, -0.2) is 10.2 Å². The lowest BCUT2D eigenvalue weighted by atomic mass is 10.2. The third-order valence-electron chi connectivity index (χ3n) is 3.62. The largest absolute Gasteiger partial charge is 0.506 e. The summed E-state index contributed by atoms with van der Waals surface area (Å²) in [5.41, 5.74) is 11.5. The van der Waals surface area contributed by atoms with E-state index in [9.17, 15) is 10.2 Å². The van der Waals surface area contributed by atoms with Crippen LogP contribution in [0.25, 0.3) is 0 Å². The summed E-state index contributed by atoms with van der Waals surface area (Å²) in [6.45, 7) is 0. The van der Waals surface area contributed by atoms with Gasteiger partial charge in [0.1, 0.15) is 43.1 Å². The van der Waals surface area contributed by atoms with Crippen LogP contribution in [0.15, 0.2) is 36.4 Å². The van der Waals surface area contributed by atoms with Crippen molar-refractivity contribution in [2.45, 2.75) is 0 Å². The highest BCUT2D eigenvalue weighted by atomic mass is 35.5. The Labute approximate surface area is 179 Å². The van der Waals surface area contributed by atoms with E-state index in [-0.39, 0.29) is 66.0 Å². The highest BCUT2D eigenvalue weighted by Gasteiger charge is 2.24. The van der Waals surface area contributed by atoms with Crippen LogP contribution >= 0.6 is 46.4 Å². The molecule has 0 saturated carbocycles. The second-order valence-corrected chi connectivity index (χ2v) is 7.07. The lowest BCUT2D eigenvalue weighted by molar-refractivity contribution is 0.460. The molecule has 3 aromatic rings. The predicted molar refractivity (Wildman–Crippen MR) is 112 cm³/mol. The number of hydrogen-bond acceptors (Lipinski definition) is 6. The first-order valence-electron chi connectivity index (χ1n) is 7.57. The normalized spacial score (nSPS) is 10.7. The standard InChI is InChI=1S/C18H12Cl4N2O4/c19-13-15(21)18(28-8-2-4-12(26)10(24)6-8)16(22)14(20)17(13)27-7-1-3-11(25)9(23)5-7/h1-6,25-26H,23-24H2. The Balaban J connectivity index is 2.01. The molecule has 10 heteroatoms. The van der Waals surface area contributed by atoms with Crippen LogP contribution in [0.1, 0.15) is 0 Å². The Bertz CT molecular complexity index is 962. The third kappa shape index (κ3) is 3.91. The Morgan fingerprint density at radius 2 is 0.929 bits per heavy atom. The van der Waals surface area contributed by atoms with Gasteiger partial charge >= 0.3 is 0 Å². The molecule has 0 aliphatic carbocycles. The van der Waals surface area contributed by atoms with Gasteiger partial charge in [0.15, 0.2) is 11.5 Å². The number of halogens is 4. The van der Waals surface area contributed by atoms with E-state index in [2.05, 4.69) is 0 Å². The summed E-state index contributed by atoms with van der Waals surface area (Å²) in [5, 5.41) is 18.8. The summed E-state index contributed by atoms with van der Waals surface area (Å²) in [6, 6.07) is 8.39. The Morgan fingerprint density at radius 1 is 0.607 bits per heavy atom. The van der Waals surface area contributed by atoms with E-state index in [1.54, 1.807) is 0 Å². The molecule has 0 atom stereocenters. The first kappa shape index (κ1) is 20.4. The molecule has 0 unspecified atom stereocenters. The van der Waals surface area contributed by atoms with Crippen molar-refractivity contribution in [1.82, 2.24) is 0 Å². The van der Waals surface area contributed by atoms with Crippen molar-refractivity contribution in [3.63, 3.8) is 0 Å². The van der Waals surface area contributed by atoms with Crippen LogP contribution in [0.5, 0.6) is 34.5 Å².